The largest absolute Gasteiger partial charge is 0.491 e. The van der Waals surface area contributed by atoms with Crippen LogP contribution >= 0.6 is 0 Å². The smallest absolute Gasteiger partial charge is 0.229 e. The molecule has 1 saturated carbocycles. The van der Waals surface area contributed by atoms with Gasteiger partial charge in [-0.2, -0.15) is 0 Å². The Morgan fingerprint density at radius 1 is 1.31 bits per heavy atom. The fourth-order valence-corrected chi connectivity index (χ4v) is 4.09. The maximum absolute atomic E-state index is 12.9. The van der Waals surface area contributed by atoms with E-state index >= 15 is 0 Å². The molecule has 2 aliphatic rings. The number of nitrogens with one attached hydrogen (secondary N) is 1. The Morgan fingerprint density at radius 2 is 2.12 bits per heavy atom. The van der Waals surface area contributed by atoms with Gasteiger partial charge in [0.15, 0.2) is 0 Å². The predicted molar refractivity (Wildman–Crippen MR) is 99.1 cm³/mol. The number of nitrogens with zero attached hydrogens (tertiary/aromatic N) is 1. The lowest BCUT2D eigenvalue weighted by atomic mass is 9.83. The fraction of sp³-hybridized carbons (Fsp3) is 0.600. The van der Waals surface area contributed by atoms with Crippen LogP contribution < -0.4 is 10.1 Å². The van der Waals surface area contributed by atoms with Crippen molar-refractivity contribution in [3.8, 4) is 5.75 Å². The summed E-state index contributed by atoms with van der Waals surface area (Å²) in [6.45, 7) is 2.91. The molecule has 1 heterocycles. The molecule has 0 unspecified atom stereocenters. The van der Waals surface area contributed by atoms with E-state index < -0.39 is 0 Å². The predicted octanol–water partition coefficient (Wildman–Crippen LogP) is 2.49. The van der Waals surface area contributed by atoms with E-state index in [2.05, 4.69) is 5.32 Å². The van der Waals surface area contributed by atoms with Crippen LogP contribution in [-0.4, -0.2) is 47.6 Å². The zero-order chi connectivity index (χ0) is 18.5. The van der Waals surface area contributed by atoms with Gasteiger partial charge in [-0.15, -0.1) is 0 Å². The Balaban J connectivity index is 1.67. The molecular formula is C20H28N2O4. The molecule has 2 N–H and O–H groups in total. The number of rotatable bonds is 6. The molecule has 142 valence electrons. The Bertz CT molecular complexity index is 661. The molecule has 0 aromatic heterocycles. The van der Waals surface area contributed by atoms with Crippen LogP contribution in [0, 0.1) is 12.8 Å². The van der Waals surface area contributed by atoms with Crippen LogP contribution in [0.5, 0.6) is 5.75 Å². The van der Waals surface area contributed by atoms with E-state index in [0.717, 1.165) is 49.9 Å². The fourth-order valence-electron chi connectivity index (χ4n) is 4.09. The third-order valence-electron chi connectivity index (χ3n) is 5.37. The topological polar surface area (TPSA) is 78.9 Å². The Kier molecular flexibility index (Phi) is 6.14. The van der Waals surface area contributed by atoms with E-state index in [0.29, 0.717) is 12.2 Å². The van der Waals surface area contributed by atoms with Crippen molar-refractivity contribution in [2.45, 2.75) is 51.5 Å². The highest BCUT2D eigenvalue weighted by molar-refractivity contribution is 5.93. The van der Waals surface area contributed by atoms with Crippen LogP contribution in [0.2, 0.25) is 0 Å². The van der Waals surface area contributed by atoms with Crippen LogP contribution in [0.25, 0.3) is 0 Å². The van der Waals surface area contributed by atoms with Crippen LogP contribution in [0.4, 0.5) is 5.69 Å². The van der Waals surface area contributed by atoms with Crippen molar-refractivity contribution < 1.29 is 19.4 Å². The maximum atomic E-state index is 12.9. The molecule has 0 radical (unpaired) electrons. The van der Waals surface area contributed by atoms with Crippen LogP contribution in [-0.2, 0) is 9.59 Å². The normalized spacial score (nSPS) is 23.2. The van der Waals surface area contributed by atoms with Gasteiger partial charge in [-0.25, -0.2) is 0 Å². The number of carbonyl (C=O) groups excluding carboxylic acids is 2. The Morgan fingerprint density at radius 3 is 2.81 bits per heavy atom. The number of likely N-dealkylation sites (tertiary alicyclic amines) is 1. The van der Waals surface area contributed by atoms with Crippen LogP contribution in [0.3, 0.4) is 0 Å². The molecule has 0 bridgehead atoms. The van der Waals surface area contributed by atoms with Gasteiger partial charge in [0.1, 0.15) is 12.4 Å². The summed E-state index contributed by atoms with van der Waals surface area (Å²) in [4.78, 5) is 27.0. The molecular weight excluding hydrogens is 332 g/mol. The summed E-state index contributed by atoms with van der Waals surface area (Å²) in [7, 11) is 0. The second-order valence-electron chi connectivity index (χ2n) is 7.19. The van der Waals surface area contributed by atoms with Crippen molar-refractivity contribution >= 4 is 17.5 Å². The lowest BCUT2D eigenvalue weighted by Crippen LogP contribution is -2.47. The summed E-state index contributed by atoms with van der Waals surface area (Å²) < 4.78 is 5.45. The molecule has 26 heavy (non-hydrogen) atoms. The third kappa shape index (κ3) is 4.18. The van der Waals surface area contributed by atoms with Crippen molar-refractivity contribution in [2.75, 3.05) is 25.1 Å². The van der Waals surface area contributed by atoms with E-state index in [1.165, 1.54) is 0 Å². The number of aliphatic hydroxyl groups is 1. The molecule has 6 heteroatoms. The van der Waals surface area contributed by atoms with Gasteiger partial charge in [0.2, 0.25) is 11.8 Å². The number of benzene rings is 1. The lowest BCUT2D eigenvalue weighted by Gasteiger charge is -2.37. The summed E-state index contributed by atoms with van der Waals surface area (Å²) in [5.41, 5.74) is 1.65. The summed E-state index contributed by atoms with van der Waals surface area (Å²) in [6.07, 6.45) is 5.36. The Labute approximate surface area is 154 Å². The summed E-state index contributed by atoms with van der Waals surface area (Å²) in [5.74, 6) is 0.750. The van der Waals surface area contributed by atoms with Crippen molar-refractivity contribution in [3.63, 3.8) is 0 Å². The van der Waals surface area contributed by atoms with Crippen molar-refractivity contribution in [1.82, 2.24) is 4.90 Å². The standard InChI is InChI=1S/C20H28N2O4/c1-14-13-15(8-9-18(14)26-12-11-23)21-20(25)16-5-2-3-6-17(16)22-10-4-7-19(22)24/h8-9,13,16-17,23H,2-7,10-12H2,1H3,(H,21,25)/t16-,17+/m1/s1. The van der Waals surface area contributed by atoms with Crippen LogP contribution in [0.1, 0.15) is 44.1 Å². The molecule has 1 aromatic rings. The first kappa shape index (κ1) is 18.7. The molecule has 1 aromatic carbocycles. The van der Waals surface area contributed by atoms with E-state index in [1.807, 2.05) is 30.0 Å². The molecule has 1 aliphatic carbocycles. The number of aliphatic hydroxyl groups excluding tert-OH is 1. The lowest BCUT2D eigenvalue weighted by molar-refractivity contribution is -0.133. The van der Waals surface area contributed by atoms with Crippen molar-refractivity contribution in [3.05, 3.63) is 23.8 Å². The number of amides is 2. The molecule has 1 aliphatic heterocycles. The third-order valence-corrected chi connectivity index (χ3v) is 5.37. The van der Waals surface area contributed by atoms with Crippen molar-refractivity contribution in [1.29, 1.82) is 0 Å². The quantitative estimate of drug-likeness (QED) is 0.817. The van der Waals surface area contributed by atoms with Gasteiger partial charge >= 0.3 is 0 Å². The number of ether oxygens (including phenoxy) is 1. The number of hydrogen-bond acceptors (Lipinski definition) is 4. The first-order valence-electron chi connectivity index (χ1n) is 9.55. The molecule has 2 atom stereocenters. The SMILES string of the molecule is Cc1cc(NC(=O)[C@@H]2CCCC[C@@H]2N2CCCC2=O)ccc1OCCO. The minimum atomic E-state index is -0.142. The van der Waals surface area contributed by atoms with E-state index in [9.17, 15) is 9.59 Å². The second kappa shape index (κ2) is 8.54. The number of anilines is 1. The monoisotopic (exact) mass is 360 g/mol. The van der Waals surface area contributed by atoms with Gasteiger partial charge in [-0.05, 0) is 49.9 Å². The number of hydrogen-bond donors (Lipinski definition) is 2. The number of aryl methyl sites for hydroxylation is 1. The summed E-state index contributed by atoms with van der Waals surface area (Å²) in [5, 5.41) is 11.9. The maximum Gasteiger partial charge on any atom is 0.229 e. The highest BCUT2D eigenvalue weighted by Gasteiger charge is 2.38. The van der Waals surface area contributed by atoms with E-state index in [1.54, 1.807) is 0 Å². The molecule has 2 fully saturated rings. The molecule has 3 rings (SSSR count). The first-order valence-corrected chi connectivity index (χ1v) is 9.55. The van der Waals surface area contributed by atoms with Gasteiger partial charge < -0.3 is 20.1 Å². The highest BCUT2D eigenvalue weighted by atomic mass is 16.5. The summed E-state index contributed by atoms with van der Waals surface area (Å²) >= 11 is 0. The minimum Gasteiger partial charge on any atom is -0.491 e. The summed E-state index contributed by atoms with van der Waals surface area (Å²) in [6, 6.07) is 5.54. The van der Waals surface area contributed by atoms with Gasteiger partial charge in [-0.3, -0.25) is 9.59 Å². The van der Waals surface area contributed by atoms with E-state index in [4.69, 9.17) is 9.84 Å². The van der Waals surface area contributed by atoms with E-state index in [-0.39, 0.29) is 37.0 Å². The number of carbonyl (C=O) groups is 2. The Hall–Kier alpha value is -2.08. The average molecular weight is 360 g/mol. The van der Waals surface area contributed by atoms with Gasteiger partial charge in [0.05, 0.1) is 12.5 Å². The minimum absolute atomic E-state index is 0.00201. The van der Waals surface area contributed by atoms with Gasteiger partial charge in [-0.1, -0.05) is 12.8 Å². The van der Waals surface area contributed by atoms with Crippen molar-refractivity contribution in [2.24, 2.45) is 5.92 Å². The zero-order valence-corrected chi connectivity index (χ0v) is 15.4. The molecule has 0 spiro atoms. The second-order valence-corrected chi connectivity index (χ2v) is 7.19. The zero-order valence-electron chi connectivity index (χ0n) is 15.4. The molecule has 2 amide bonds. The first-order chi connectivity index (χ1) is 12.6. The molecule has 6 nitrogen and oxygen atoms in total. The average Bonchev–Trinajstić information content (AvgIpc) is 3.07. The van der Waals surface area contributed by atoms with Gasteiger partial charge in [0, 0.05) is 24.7 Å². The highest BCUT2D eigenvalue weighted by Crippen LogP contribution is 2.32. The molecule has 1 saturated heterocycles. The van der Waals surface area contributed by atoms with Gasteiger partial charge in [0.25, 0.3) is 0 Å². The van der Waals surface area contributed by atoms with Crippen LogP contribution in [0.15, 0.2) is 18.2 Å².